The molecule has 0 bridgehead atoms. The van der Waals surface area contributed by atoms with E-state index >= 15 is 0 Å². The molecule has 0 unspecified atom stereocenters. The molecular weight excluding hydrogens is 388 g/mol. The van der Waals surface area contributed by atoms with Crippen LogP contribution in [-0.2, 0) is 11.3 Å². The number of nitrogens with zero attached hydrogens (tertiary/aromatic N) is 2. The summed E-state index contributed by atoms with van der Waals surface area (Å²) in [6, 6.07) is 9.71. The van der Waals surface area contributed by atoms with E-state index in [0.29, 0.717) is 33.4 Å². The monoisotopic (exact) mass is 404 g/mol. The number of halogens is 1. The van der Waals surface area contributed by atoms with Crippen LogP contribution in [0.1, 0.15) is 16.2 Å². The minimum atomic E-state index is -0.524. The van der Waals surface area contributed by atoms with E-state index in [9.17, 15) is 4.79 Å². The Morgan fingerprint density at radius 2 is 1.64 bits per heavy atom. The van der Waals surface area contributed by atoms with Crippen molar-refractivity contribution < 1.29 is 28.2 Å². The molecule has 0 aliphatic carbocycles. The number of methoxy groups -OCH3 is 3. The summed E-state index contributed by atoms with van der Waals surface area (Å²) < 4.78 is 26.7. The lowest BCUT2D eigenvalue weighted by atomic mass is 10.2. The predicted octanol–water partition coefficient (Wildman–Crippen LogP) is 3.77. The van der Waals surface area contributed by atoms with Gasteiger partial charge in [0.25, 0.3) is 5.89 Å². The third kappa shape index (κ3) is 4.17. The molecular formula is C19H17ClN2O6. The van der Waals surface area contributed by atoms with Gasteiger partial charge in [0.2, 0.25) is 11.6 Å². The molecule has 8 nitrogen and oxygen atoms in total. The third-order valence-corrected chi connectivity index (χ3v) is 4.04. The number of esters is 1. The zero-order valence-corrected chi connectivity index (χ0v) is 16.1. The number of hydrogen-bond donors (Lipinski definition) is 0. The molecule has 2 aromatic carbocycles. The number of rotatable bonds is 7. The maximum atomic E-state index is 12.0. The smallest absolute Gasteiger partial charge is 0.338 e. The molecule has 0 N–H and O–H groups in total. The summed E-state index contributed by atoms with van der Waals surface area (Å²) in [6.07, 6.45) is 0. The normalized spacial score (nSPS) is 10.4. The second-order valence-electron chi connectivity index (χ2n) is 5.50. The molecule has 0 aliphatic heterocycles. The highest BCUT2D eigenvalue weighted by atomic mass is 35.5. The molecule has 0 atom stereocenters. The Labute approximate surface area is 165 Å². The van der Waals surface area contributed by atoms with Crippen molar-refractivity contribution in [1.29, 1.82) is 0 Å². The highest BCUT2D eigenvalue weighted by molar-refractivity contribution is 6.30. The van der Waals surface area contributed by atoms with Crippen molar-refractivity contribution in [3.05, 3.63) is 52.9 Å². The van der Waals surface area contributed by atoms with E-state index in [-0.39, 0.29) is 18.4 Å². The first-order chi connectivity index (χ1) is 13.5. The fraction of sp³-hybridized carbons (Fsp3) is 0.211. The van der Waals surface area contributed by atoms with Crippen LogP contribution >= 0.6 is 11.6 Å². The van der Waals surface area contributed by atoms with Gasteiger partial charge in [-0.2, -0.15) is 0 Å². The Morgan fingerprint density at radius 3 is 2.21 bits per heavy atom. The maximum absolute atomic E-state index is 12.0. The average Bonchev–Trinajstić information content (AvgIpc) is 3.20. The van der Waals surface area contributed by atoms with Gasteiger partial charge in [-0.05, 0) is 36.4 Å². The van der Waals surface area contributed by atoms with E-state index in [2.05, 4.69) is 10.2 Å². The molecule has 9 heteroatoms. The molecule has 3 aromatic rings. The zero-order chi connectivity index (χ0) is 20.1. The van der Waals surface area contributed by atoms with Crippen LogP contribution in [0.2, 0.25) is 5.02 Å². The van der Waals surface area contributed by atoms with Crippen LogP contribution in [0.3, 0.4) is 0 Å². The van der Waals surface area contributed by atoms with Gasteiger partial charge in [0.1, 0.15) is 0 Å². The van der Waals surface area contributed by atoms with E-state index in [1.165, 1.54) is 21.3 Å². The van der Waals surface area contributed by atoms with Gasteiger partial charge in [-0.15, -0.1) is 10.2 Å². The van der Waals surface area contributed by atoms with Crippen molar-refractivity contribution in [3.8, 4) is 28.7 Å². The Balaban J connectivity index is 1.75. The summed E-state index contributed by atoms with van der Waals surface area (Å²) >= 11 is 5.80. The lowest BCUT2D eigenvalue weighted by Gasteiger charge is -2.12. The molecule has 1 heterocycles. The van der Waals surface area contributed by atoms with Gasteiger partial charge in [0.05, 0.1) is 26.9 Å². The number of carbonyl (C=O) groups is 1. The van der Waals surface area contributed by atoms with E-state index in [0.717, 1.165) is 0 Å². The second kappa shape index (κ2) is 8.62. The van der Waals surface area contributed by atoms with Gasteiger partial charge >= 0.3 is 5.97 Å². The summed E-state index contributed by atoms with van der Waals surface area (Å²) in [5.41, 5.74) is 0.936. The fourth-order valence-corrected chi connectivity index (χ4v) is 2.56. The number of aromatic nitrogens is 2. The predicted molar refractivity (Wildman–Crippen MR) is 100.0 cm³/mol. The van der Waals surface area contributed by atoms with E-state index in [1.807, 2.05) is 0 Å². The lowest BCUT2D eigenvalue weighted by molar-refractivity contribution is 0.0438. The van der Waals surface area contributed by atoms with Crippen molar-refractivity contribution in [2.24, 2.45) is 0 Å². The van der Waals surface area contributed by atoms with Crippen LogP contribution in [0, 0.1) is 0 Å². The van der Waals surface area contributed by atoms with Crippen LogP contribution < -0.4 is 14.2 Å². The molecule has 0 saturated heterocycles. The van der Waals surface area contributed by atoms with Crippen molar-refractivity contribution in [2.75, 3.05) is 21.3 Å². The quantitative estimate of drug-likeness (QED) is 0.549. The molecule has 0 aliphatic rings. The maximum Gasteiger partial charge on any atom is 0.338 e. The minimum absolute atomic E-state index is 0.145. The topological polar surface area (TPSA) is 92.9 Å². The van der Waals surface area contributed by atoms with Gasteiger partial charge in [0, 0.05) is 10.6 Å². The first kappa shape index (κ1) is 19.5. The molecule has 3 rings (SSSR count). The van der Waals surface area contributed by atoms with E-state index < -0.39 is 5.97 Å². The average molecular weight is 405 g/mol. The summed E-state index contributed by atoms with van der Waals surface area (Å²) in [6.45, 7) is -0.168. The van der Waals surface area contributed by atoms with Crippen LogP contribution in [0.4, 0.5) is 0 Å². The summed E-state index contributed by atoms with van der Waals surface area (Å²) in [5.74, 6) is 1.19. The molecule has 28 heavy (non-hydrogen) atoms. The molecule has 0 radical (unpaired) electrons. The van der Waals surface area contributed by atoms with Gasteiger partial charge in [-0.1, -0.05) is 11.6 Å². The van der Waals surface area contributed by atoms with Crippen molar-refractivity contribution in [2.45, 2.75) is 6.61 Å². The molecule has 146 valence electrons. The Kier molecular flexibility index (Phi) is 6.00. The second-order valence-corrected chi connectivity index (χ2v) is 5.93. The Morgan fingerprint density at radius 1 is 1.00 bits per heavy atom. The SMILES string of the molecule is COc1cc(-c2nnc(COC(=O)c3ccc(Cl)cc3)o2)cc(OC)c1OC. The van der Waals surface area contributed by atoms with Gasteiger partial charge in [0.15, 0.2) is 18.1 Å². The summed E-state index contributed by atoms with van der Waals surface area (Å²) in [7, 11) is 4.53. The Hall–Kier alpha value is -3.26. The number of ether oxygens (including phenoxy) is 4. The zero-order valence-electron chi connectivity index (χ0n) is 15.4. The van der Waals surface area contributed by atoms with Crippen molar-refractivity contribution >= 4 is 17.6 Å². The van der Waals surface area contributed by atoms with Crippen LogP contribution in [-0.4, -0.2) is 37.5 Å². The first-order valence-electron chi connectivity index (χ1n) is 8.11. The van der Waals surface area contributed by atoms with Gasteiger partial charge in [-0.3, -0.25) is 0 Å². The molecule has 0 spiro atoms. The van der Waals surface area contributed by atoms with Crippen molar-refractivity contribution in [1.82, 2.24) is 10.2 Å². The summed E-state index contributed by atoms with van der Waals surface area (Å²) in [5, 5.41) is 8.41. The van der Waals surface area contributed by atoms with Crippen molar-refractivity contribution in [3.63, 3.8) is 0 Å². The van der Waals surface area contributed by atoms with Crippen LogP contribution in [0.25, 0.3) is 11.5 Å². The fourth-order valence-electron chi connectivity index (χ4n) is 2.43. The number of hydrogen-bond acceptors (Lipinski definition) is 8. The lowest BCUT2D eigenvalue weighted by Crippen LogP contribution is -2.05. The molecule has 1 aromatic heterocycles. The first-order valence-corrected chi connectivity index (χ1v) is 8.49. The van der Waals surface area contributed by atoms with Crippen LogP contribution in [0.5, 0.6) is 17.2 Å². The third-order valence-electron chi connectivity index (χ3n) is 3.79. The molecule has 0 saturated carbocycles. The summed E-state index contributed by atoms with van der Waals surface area (Å²) in [4.78, 5) is 12.0. The van der Waals surface area contributed by atoms with Gasteiger partial charge in [-0.25, -0.2) is 4.79 Å². The number of benzene rings is 2. The highest BCUT2D eigenvalue weighted by Crippen LogP contribution is 2.40. The Bertz CT molecular complexity index is 946. The van der Waals surface area contributed by atoms with Crippen LogP contribution in [0.15, 0.2) is 40.8 Å². The van der Waals surface area contributed by atoms with E-state index in [4.69, 9.17) is 35.0 Å². The van der Waals surface area contributed by atoms with Gasteiger partial charge < -0.3 is 23.4 Å². The molecule has 0 fully saturated rings. The standard InChI is InChI=1S/C19H17ClN2O6/c1-24-14-8-12(9-15(25-2)17(14)26-3)18-22-21-16(28-18)10-27-19(23)11-4-6-13(20)7-5-11/h4-9H,10H2,1-3H3. The molecule has 0 amide bonds. The highest BCUT2D eigenvalue weighted by Gasteiger charge is 2.18. The number of carbonyl (C=O) groups excluding carboxylic acids is 1. The minimum Gasteiger partial charge on any atom is -0.493 e. The van der Waals surface area contributed by atoms with E-state index in [1.54, 1.807) is 36.4 Å². The largest absolute Gasteiger partial charge is 0.493 e.